The summed E-state index contributed by atoms with van der Waals surface area (Å²) in [5, 5.41) is 0. The Kier molecular flexibility index (Phi) is 6.09. The Bertz CT molecular complexity index is 885. The fourth-order valence-corrected chi connectivity index (χ4v) is 4.17. The fraction of sp³-hybridized carbons (Fsp3) is 0.238. The Labute approximate surface area is 170 Å². The van der Waals surface area contributed by atoms with E-state index < -0.39 is 0 Å². The molecule has 0 spiro atoms. The molecule has 136 valence electrons. The van der Waals surface area contributed by atoms with Crippen LogP contribution < -0.4 is 9.47 Å². The van der Waals surface area contributed by atoms with E-state index in [0.29, 0.717) is 0 Å². The second kappa shape index (κ2) is 8.31. The van der Waals surface area contributed by atoms with Crippen molar-refractivity contribution < 1.29 is 14.2 Å². The zero-order chi connectivity index (χ0) is 18.7. The summed E-state index contributed by atoms with van der Waals surface area (Å²) < 4.78 is 18.0. The average molecular weight is 480 g/mol. The van der Waals surface area contributed by atoms with Gasteiger partial charge in [-0.1, -0.05) is 44.0 Å². The molecule has 0 N–H and O–H groups in total. The Hall–Kier alpha value is -1.72. The minimum absolute atomic E-state index is 0.861. The van der Waals surface area contributed by atoms with Gasteiger partial charge in [-0.05, 0) is 54.3 Å². The van der Waals surface area contributed by atoms with E-state index in [1.54, 1.807) is 21.3 Å². The van der Waals surface area contributed by atoms with Gasteiger partial charge in [-0.15, -0.1) is 0 Å². The Morgan fingerprint density at radius 1 is 0.769 bits per heavy atom. The van der Waals surface area contributed by atoms with Gasteiger partial charge < -0.3 is 14.2 Å². The number of rotatable bonds is 3. The number of hydrogen-bond acceptors (Lipinski definition) is 3. The predicted molar refractivity (Wildman–Crippen MR) is 113 cm³/mol. The van der Waals surface area contributed by atoms with Gasteiger partial charge in [0.2, 0.25) is 0 Å². The molecule has 4 rings (SSSR count). The molecule has 0 bridgehead atoms. The topological polar surface area (TPSA) is 27.7 Å². The first kappa shape index (κ1) is 19.1. The summed E-state index contributed by atoms with van der Waals surface area (Å²) in [5.74, 6) is 2.72. The van der Waals surface area contributed by atoms with Gasteiger partial charge in [0.1, 0.15) is 17.3 Å². The largest absolute Gasteiger partial charge is 0.496 e. The van der Waals surface area contributed by atoms with Crippen molar-refractivity contribution in [1.82, 2.24) is 0 Å². The quantitative estimate of drug-likeness (QED) is 0.538. The lowest BCUT2D eigenvalue weighted by molar-refractivity contribution is 0.363. The smallest absolute Gasteiger partial charge is 0.131 e. The first-order chi connectivity index (χ1) is 12.6. The standard InChI is InChI=1S/C11H11BrO2.C10H9BrO/c1-13-9-4-3-7-5-8(12)6-10(14-2)11(7)9;1-12-10-6-8(11)5-7-3-2-4-9(7)10/h4-6H,3H2,1-2H3;2,4-6H,3H2,1H3. The van der Waals surface area contributed by atoms with Crippen molar-refractivity contribution in [3.05, 3.63) is 67.6 Å². The zero-order valence-corrected chi connectivity index (χ0v) is 18.1. The molecular weight excluding hydrogens is 460 g/mol. The molecule has 3 nitrogen and oxygen atoms in total. The molecule has 0 saturated heterocycles. The van der Waals surface area contributed by atoms with E-state index in [4.69, 9.17) is 14.2 Å². The number of benzene rings is 2. The van der Waals surface area contributed by atoms with Crippen LogP contribution in [-0.2, 0) is 17.6 Å². The summed E-state index contributed by atoms with van der Waals surface area (Å²) >= 11 is 6.90. The van der Waals surface area contributed by atoms with Gasteiger partial charge in [0.15, 0.2) is 0 Å². The summed E-state index contributed by atoms with van der Waals surface area (Å²) in [5.41, 5.74) is 4.88. The van der Waals surface area contributed by atoms with Crippen LogP contribution in [0.15, 0.2) is 45.4 Å². The maximum Gasteiger partial charge on any atom is 0.131 e. The van der Waals surface area contributed by atoms with Crippen molar-refractivity contribution in [2.75, 3.05) is 21.3 Å². The van der Waals surface area contributed by atoms with Crippen molar-refractivity contribution in [2.45, 2.75) is 12.8 Å². The second-order valence-corrected chi connectivity index (χ2v) is 7.74. The van der Waals surface area contributed by atoms with Gasteiger partial charge >= 0.3 is 0 Å². The van der Waals surface area contributed by atoms with Crippen LogP contribution in [0.25, 0.3) is 11.8 Å². The van der Waals surface area contributed by atoms with Crippen molar-refractivity contribution in [1.29, 1.82) is 0 Å². The van der Waals surface area contributed by atoms with Crippen LogP contribution in [0.4, 0.5) is 0 Å². The molecule has 0 saturated carbocycles. The molecule has 2 aliphatic rings. The Balaban J connectivity index is 0.000000152. The maximum atomic E-state index is 5.32. The number of allylic oxidation sites excluding steroid dienone is 2. The average Bonchev–Trinajstić information content (AvgIpc) is 3.26. The molecule has 0 radical (unpaired) electrons. The highest BCUT2D eigenvalue weighted by atomic mass is 79.9. The molecule has 0 fully saturated rings. The Morgan fingerprint density at radius 3 is 2.08 bits per heavy atom. The van der Waals surface area contributed by atoms with E-state index in [0.717, 1.165) is 44.6 Å². The third kappa shape index (κ3) is 3.84. The number of ether oxygens (including phenoxy) is 3. The highest BCUT2D eigenvalue weighted by molar-refractivity contribution is 9.10. The molecule has 2 aromatic rings. The minimum Gasteiger partial charge on any atom is -0.496 e. The molecule has 0 aromatic heterocycles. The normalized spacial score (nSPS) is 13.3. The molecular formula is C21H20Br2O3. The number of methoxy groups -OCH3 is 3. The van der Waals surface area contributed by atoms with E-state index in [9.17, 15) is 0 Å². The molecule has 0 unspecified atom stereocenters. The second-order valence-electron chi connectivity index (χ2n) is 5.91. The zero-order valence-electron chi connectivity index (χ0n) is 14.9. The van der Waals surface area contributed by atoms with E-state index in [-0.39, 0.29) is 0 Å². The number of fused-ring (bicyclic) bond motifs is 2. The van der Waals surface area contributed by atoms with Crippen molar-refractivity contribution in [2.24, 2.45) is 0 Å². The fourth-order valence-electron chi connectivity index (χ4n) is 3.21. The molecule has 26 heavy (non-hydrogen) atoms. The van der Waals surface area contributed by atoms with Gasteiger partial charge in [0.25, 0.3) is 0 Å². The molecule has 0 amide bonds. The third-order valence-electron chi connectivity index (χ3n) is 4.38. The Morgan fingerprint density at radius 2 is 1.42 bits per heavy atom. The summed E-state index contributed by atoms with van der Waals surface area (Å²) in [4.78, 5) is 0. The minimum atomic E-state index is 0.861. The highest BCUT2D eigenvalue weighted by Crippen LogP contribution is 2.37. The highest BCUT2D eigenvalue weighted by Gasteiger charge is 2.20. The van der Waals surface area contributed by atoms with E-state index in [1.807, 2.05) is 12.1 Å². The van der Waals surface area contributed by atoms with Gasteiger partial charge in [-0.25, -0.2) is 0 Å². The van der Waals surface area contributed by atoms with Crippen molar-refractivity contribution >= 4 is 43.7 Å². The molecule has 2 aliphatic carbocycles. The molecule has 0 atom stereocenters. The van der Waals surface area contributed by atoms with Crippen molar-refractivity contribution in [3.8, 4) is 11.5 Å². The summed E-state index contributed by atoms with van der Waals surface area (Å²) in [6, 6.07) is 8.18. The maximum absolute atomic E-state index is 5.32. The van der Waals surface area contributed by atoms with Gasteiger partial charge in [-0.2, -0.15) is 0 Å². The summed E-state index contributed by atoms with van der Waals surface area (Å²) in [7, 11) is 5.06. The monoisotopic (exact) mass is 478 g/mol. The summed E-state index contributed by atoms with van der Waals surface area (Å²) in [6.07, 6.45) is 8.26. The lowest BCUT2D eigenvalue weighted by Gasteiger charge is -2.10. The molecule has 0 heterocycles. The van der Waals surface area contributed by atoms with Crippen LogP contribution in [0, 0.1) is 0 Å². The van der Waals surface area contributed by atoms with Crippen LogP contribution in [0.1, 0.15) is 22.3 Å². The summed E-state index contributed by atoms with van der Waals surface area (Å²) in [6.45, 7) is 0. The SMILES string of the molecule is COC1=CCc2cc(Br)cc(OC)c21.COc1cc(Br)cc2c1C=CC2. The van der Waals surface area contributed by atoms with Gasteiger partial charge in [0, 0.05) is 14.5 Å². The van der Waals surface area contributed by atoms with Gasteiger partial charge in [0.05, 0.1) is 26.9 Å². The van der Waals surface area contributed by atoms with Crippen LogP contribution in [0.5, 0.6) is 11.5 Å². The van der Waals surface area contributed by atoms with Crippen LogP contribution in [-0.4, -0.2) is 21.3 Å². The molecule has 5 heteroatoms. The predicted octanol–water partition coefficient (Wildman–Crippen LogP) is 6.03. The van der Waals surface area contributed by atoms with Crippen LogP contribution in [0.3, 0.4) is 0 Å². The first-order valence-corrected chi connectivity index (χ1v) is 9.79. The van der Waals surface area contributed by atoms with E-state index in [2.05, 4.69) is 62.2 Å². The molecule has 2 aromatic carbocycles. The molecule has 0 aliphatic heterocycles. The van der Waals surface area contributed by atoms with E-state index >= 15 is 0 Å². The first-order valence-electron chi connectivity index (χ1n) is 8.21. The lowest BCUT2D eigenvalue weighted by atomic mass is 10.1. The van der Waals surface area contributed by atoms with Crippen LogP contribution in [0.2, 0.25) is 0 Å². The number of hydrogen-bond donors (Lipinski definition) is 0. The van der Waals surface area contributed by atoms with Gasteiger partial charge in [-0.3, -0.25) is 0 Å². The van der Waals surface area contributed by atoms with Crippen molar-refractivity contribution in [3.63, 3.8) is 0 Å². The van der Waals surface area contributed by atoms with E-state index in [1.165, 1.54) is 16.7 Å². The number of halogens is 2. The lowest BCUT2D eigenvalue weighted by Crippen LogP contribution is -1.93. The van der Waals surface area contributed by atoms with Crippen LogP contribution >= 0.6 is 31.9 Å². The third-order valence-corrected chi connectivity index (χ3v) is 5.29.